The molecule has 5 heteroatoms. The van der Waals surface area contributed by atoms with Gasteiger partial charge in [0, 0.05) is 11.1 Å². The Labute approximate surface area is 73.2 Å². The van der Waals surface area contributed by atoms with E-state index < -0.39 is 5.97 Å². The average molecular weight is 177 g/mol. The van der Waals surface area contributed by atoms with Crippen molar-refractivity contribution < 1.29 is 9.90 Å². The van der Waals surface area contributed by atoms with E-state index in [9.17, 15) is 4.79 Å². The van der Waals surface area contributed by atoms with Gasteiger partial charge in [0.15, 0.2) is 0 Å². The maximum atomic E-state index is 10.8. The fourth-order valence-electron chi connectivity index (χ4n) is 1.27. The molecule has 1 heterocycles. The number of carboxylic acid groups (broad SMARTS) is 1. The van der Waals surface area contributed by atoms with Gasteiger partial charge in [-0.3, -0.25) is 5.10 Å². The highest BCUT2D eigenvalue weighted by Gasteiger charge is 2.13. The van der Waals surface area contributed by atoms with Crippen molar-refractivity contribution in [3.8, 4) is 0 Å². The molecule has 0 unspecified atom stereocenters. The Hall–Kier alpha value is -2.04. The van der Waals surface area contributed by atoms with Gasteiger partial charge in [0.25, 0.3) is 0 Å². The Morgan fingerprint density at radius 2 is 2.31 bits per heavy atom. The van der Waals surface area contributed by atoms with Crippen LogP contribution >= 0.6 is 0 Å². The summed E-state index contributed by atoms with van der Waals surface area (Å²) in [4.78, 5) is 10.8. The summed E-state index contributed by atoms with van der Waals surface area (Å²) < 4.78 is 0. The molecule has 0 saturated heterocycles. The third-order valence-electron chi connectivity index (χ3n) is 1.87. The number of aromatic carboxylic acids is 1. The van der Waals surface area contributed by atoms with E-state index in [2.05, 4.69) is 10.2 Å². The van der Waals surface area contributed by atoms with Crippen molar-refractivity contribution in [3.63, 3.8) is 0 Å². The van der Waals surface area contributed by atoms with Gasteiger partial charge >= 0.3 is 5.97 Å². The Balaban J connectivity index is 2.88. The first-order valence-corrected chi connectivity index (χ1v) is 3.65. The molecule has 0 aliphatic carbocycles. The summed E-state index contributed by atoms with van der Waals surface area (Å²) in [6.45, 7) is 0. The summed E-state index contributed by atoms with van der Waals surface area (Å²) in [5, 5.41) is 15.8. The van der Waals surface area contributed by atoms with Crippen LogP contribution in [0.2, 0.25) is 0 Å². The molecule has 0 aliphatic heterocycles. The fraction of sp³-hybridized carbons (Fsp3) is 0. The van der Waals surface area contributed by atoms with Crippen LogP contribution in [-0.2, 0) is 0 Å². The maximum absolute atomic E-state index is 10.8. The molecule has 66 valence electrons. The Morgan fingerprint density at radius 1 is 1.54 bits per heavy atom. The highest BCUT2D eigenvalue weighted by Crippen LogP contribution is 2.22. The highest BCUT2D eigenvalue weighted by atomic mass is 16.4. The molecule has 0 spiro atoms. The second-order valence-electron chi connectivity index (χ2n) is 2.67. The van der Waals surface area contributed by atoms with Gasteiger partial charge in [-0.15, -0.1) is 0 Å². The molecule has 1 aromatic heterocycles. The lowest BCUT2D eigenvalue weighted by Gasteiger charge is -2.00. The van der Waals surface area contributed by atoms with Crippen LogP contribution < -0.4 is 5.73 Å². The molecule has 2 rings (SSSR count). The second-order valence-corrected chi connectivity index (χ2v) is 2.67. The van der Waals surface area contributed by atoms with Crippen molar-refractivity contribution in [1.29, 1.82) is 0 Å². The first-order chi connectivity index (χ1) is 6.20. The minimum absolute atomic E-state index is 0.103. The highest BCUT2D eigenvalue weighted by molar-refractivity contribution is 6.07. The van der Waals surface area contributed by atoms with Crippen LogP contribution in [-0.4, -0.2) is 21.3 Å². The van der Waals surface area contributed by atoms with Crippen molar-refractivity contribution in [2.75, 3.05) is 5.73 Å². The van der Waals surface area contributed by atoms with Crippen molar-refractivity contribution in [2.45, 2.75) is 0 Å². The van der Waals surface area contributed by atoms with Crippen LogP contribution in [0.25, 0.3) is 10.9 Å². The number of nitrogens with one attached hydrogen (secondary N) is 1. The van der Waals surface area contributed by atoms with Gasteiger partial charge in [0.1, 0.15) is 0 Å². The molecule has 0 amide bonds. The molecular formula is C8H7N3O2. The molecule has 5 nitrogen and oxygen atoms in total. The first-order valence-electron chi connectivity index (χ1n) is 3.65. The third-order valence-corrected chi connectivity index (χ3v) is 1.87. The van der Waals surface area contributed by atoms with Crippen LogP contribution in [0.4, 0.5) is 5.69 Å². The van der Waals surface area contributed by atoms with E-state index in [1.54, 1.807) is 12.1 Å². The number of rotatable bonds is 1. The molecule has 0 saturated carbocycles. The molecule has 4 N–H and O–H groups in total. The number of carboxylic acids is 1. The minimum atomic E-state index is -1.04. The number of hydrogen-bond donors (Lipinski definition) is 3. The van der Waals surface area contributed by atoms with Crippen LogP contribution in [0.1, 0.15) is 10.4 Å². The van der Waals surface area contributed by atoms with Crippen molar-refractivity contribution in [3.05, 3.63) is 23.9 Å². The minimum Gasteiger partial charge on any atom is -0.478 e. The van der Waals surface area contributed by atoms with Crippen molar-refractivity contribution >= 4 is 22.6 Å². The van der Waals surface area contributed by atoms with Gasteiger partial charge in [-0.2, -0.15) is 5.10 Å². The SMILES string of the molecule is Nc1ccc2[nH]ncc2c1C(=O)O. The van der Waals surface area contributed by atoms with Gasteiger partial charge in [0.2, 0.25) is 0 Å². The van der Waals surface area contributed by atoms with E-state index >= 15 is 0 Å². The smallest absolute Gasteiger partial charge is 0.338 e. The monoisotopic (exact) mass is 177 g/mol. The number of nitrogens with zero attached hydrogens (tertiary/aromatic N) is 1. The normalized spacial score (nSPS) is 10.5. The summed E-state index contributed by atoms with van der Waals surface area (Å²) in [6, 6.07) is 3.24. The molecular weight excluding hydrogens is 170 g/mol. The average Bonchev–Trinajstić information content (AvgIpc) is 2.50. The van der Waals surface area contributed by atoms with Crippen molar-refractivity contribution in [2.24, 2.45) is 0 Å². The lowest BCUT2D eigenvalue weighted by Crippen LogP contribution is -2.02. The van der Waals surface area contributed by atoms with Crippen molar-refractivity contribution in [1.82, 2.24) is 10.2 Å². The number of hydrogen-bond acceptors (Lipinski definition) is 3. The number of nitrogen functional groups attached to an aromatic ring is 1. The zero-order valence-electron chi connectivity index (χ0n) is 6.61. The Morgan fingerprint density at radius 3 is 3.00 bits per heavy atom. The summed E-state index contributed by atoms with van der Waals surface area (Å²) in [7, 11) is 0. The molecule has 0 radical (unpaired) electrons. The largest absolute Gasteiger partial charge is 0.478 e. The molecule has 2 aromatic rings. The van der Waals surface area contributed by atoms with Crippen LogP contribution in [0, 0.1) is 0 Å². The predicted octanol–water partition coefficient (Wildman–Crippen LogP) is 0.843. The molecule has 13 heavy (non-hydrogen) atoms. The van der Waals surface area contributed by atoms with Gasteiger partial charge in [0.05, 0.1) is 17.3 Å². The van der Waals surface area contributed by atoms with E-state index in [1.807, 2.05) is 0 Å². The number of H-pyrrole nitrogens is 1. The molecule has 0 aliphatic rings. The maximum Gasteiger partial charge on any atom is 0.338 e. The van der Waals surface area contributed by atoms with Gasteiger partial charge in [-0.05, 0) is 12.1 Å². The van der Waals surface area contributed by atoms with E-state index in [1.165, 1.54) is 6.20 Å². The number of anilines is 1. The summed E-state index contributed by atoms with van der Waals surface area (Å²) in [5.74, 6) is -1.04. The first kappa shape index (κ1) is 7.60. The zero-order valence-corrected chi connectivity index (χ0v) is 6.61. The topological polar surface area (TPSA) is 92.0 Å². The Bertz CT molecular complexity index is 475. The number of fused-ring (bicyclic) bond motifs is 1. The molecule has 0 atom stereocenters. The van der Waals surface area contributed by atoms with Gasteiger partial charge < -0.3 is 10.8 Å². The number of nitrogens with two attached hydrogens (primary N) is 1. The fourth-order valence-corrected chi connectivity index (χ4v) is 1.27. The number of aromatic nitrogens is 2. The molecule has 0 bridgehead atoms. The summed E-state index contributed by atoms with van der Waals surface area (Å²) >= 11 is 0. The summed E-state index contributed by atoms with van der Waals surface area (Å²) in [5.41, 5.74) is 6.55. The predicted molar refractivity (Wildman–Crippen MR) is 47.5 cm³/mol. The molecule has 0 fully saturated rings. The summed E-state index contributed by atoms with van der Waals surface area (Å²) in [6.07, 6.45) is 1.45. The van der Waals surface area contributed by atoms with E-state index in [-0.39, 0.29) is 11.3 Å². The standard InChI is InChI=1S/C8H7N3O2/c9-5-1-2-6-4(3-10-11-6)7(5)8(12)13/h1-3H,9H2,(H,10,11)(H,12,13). The lowest BCUT2D eigenvalue weighted by atomic mass is 10.1. The van der Waals surface area contributed by atoms with E-state index in [0.29, 0.717) is 10.9 Å². The number of benzene rings is 1. The van der Waals surface area contributed by atoms with E-state index in [0.717, 1.165) is 0 Å². The van der Waals surface area contributed by atoms with Gasteiger partial charge in [-0.1, -0.05) is 0 Å². The molecule has 1 aromatic carbocycles. The van der Waals surface area contributed by atoms with Crippen LogP contribution in [0.5, 0.6) is 0 Å². The lowest BCUT2D eigenvalue weighted by molar-refractivity contribution is 0.0700. The number of carbonyl (C=O) groups is 1. The number of aromatic amines is 1. The van der Waals surface area contributed by atoms with Crippen LogP contribution in [0.15, 0.2) is 18.3 Å². The van der Waals surface area contributed by atoms with Gasteiger partial charge in [-0.25, -0.2) is 4.79 Å². The zero-order chi connectivity index (χ0) is 9.42. The third kappa shape index (κ3) is 1.01. The van der Waals surface area contributed by atoms with Crippen LogP contribution in [0.3, 0.4) is 0 Å². The Kier molecular flexibility index (Phi) is 1.45. The second kappa shape index (κ2) is 2.48. The quantitative estimate of drug-likeness (QED) is 0.563. The van der Waals surface area contributed by atoms with E-state index in [4.69, 9.17) is 10.8 Å².